The zero-order chi connectivity index (χ0) is 13.7. The highest BCUT2D eigenvalue weighted by molar-refractivity contribution is 6.31. The molecule has 106 valence electrons. The molecule has 0 aromatic heterocycles. The van der Waals surface area contributed by atoms with E-state index in [2.05, 4.69) is 10.2 Å². The van der Waals surface area contributed by atoms with E-state index in [0.717, 1.165) is 26.2 Å². The summed E-state index contributed by atoms with van der Waals surface area (Å²) in [5, 5.41) is 3.25. The lowest BCUT2D eigenvalue weighted by atomic mass is 10.2. The zero-order valence-corrected chi connectivity index (χ0v) is 11.8. The Balaban J connectivity index is 1.83. The molecule has 1 heterocycles. The van der Waals surface area contributed by atoms with E-state index in [-0.39, 0.29) is 5.02 Å². The topological polar surface area (TPSA) is 41.3 Å². The molecule has 3 N–H and O–H groups in total. The van der Waals surface area contributed by atoms with Gasteiger partial charge in [0.05, 0.1) is 16.4 Å². The van der Waals surface area contributed by atoms with Crippen molar-refractivity contribution >= 4 is 23.0 Å². The maximum absolute atomic E-state index is 13.4. The van der Waals surface area contributed by atoms with E-state index < -0.39 is 5.82 Å². The van der Waals surface area contributed by atoms with Crippen LogP contribution in [0.15, 0.2) is 12.1 Å². The fraction of sp³-hybridized carbons (Fsp3) is 0.571. The van der Waals surface area contributed by atoms with Crippen LogP contribution in [0.1, 0.15) is 25.7 Å². The van der Waals surface area contributed by atoms with E-state index in [4.69, 9.17) is 17.3 Å². The van der Waals surface area contributed by atoms with E-state index in [1.165, 1.54) is 37.8 Å². The number of hydrogen-bond acceptors (Lipinski definition) is 3. The highest BCUT2D eigenvalue weighted by Crippen LogP contribution is 2.25. The summed E-state index contributed by atoms with van der Waals surface area (Å²) >= 11 is 5.67. The van der Waals surface area contributed by atoms with Gasteiger partial charge in [-0.15, -0.1) is 0 Å². The third-order valence-electron chi connectivity index (χ3n) is 3.53. The van der Waals surface area contributed by atoms with Crippen molar-refractivity contribution in [3.8, 4) is 0 Å². The monoisotopic (exact) mass is 285 g/mol. The van der Waals surface area contributed by atoms with Crippen molar-refractivity contribution in [1.82, 2.24) is 4.90 Å². The number of halogens is 2. The molecule has 1 aliphatic rings. The molecular weight excluding hydrogens is 265 g/mol. The molecule has 1 aromatic carbocycles. The van der Waals surface area contributed by atoms with Gasteiger partial charge >= 0.3 is 0 Å². The summed E-state index contributed by atoms with van der Waals surface area (Å²) in [7, 11) is 0. The highest BCUT2D eigenvalue weighted by Gasteiger charge is 2.09. The molecule has 0 atom stereocenters. The van der Waals surface area contributed by atoms with E-state index in [9.17, 15) is 4.39 Å². The summed E-state index contributed by atoms with van der Waals surface area (Å²) < 4.78 is 13.4. The van der Waals surface area contributed by atoms with Crippen molar-refractivity contribution in [2.75, 3.05) is 37.2 Å². The normalized spacial score (nSPS) is 17.2. The van der Waals surface area contributed by atoms with Crippen LogP contribution in [0.25, 0.3) is 0 Å². The van der Waals surface area contributed by atoms with Crippen LogP contribution >= 0.6 is 11.6 Å². The first-order valence-electron chi connectivity index (χ1n) is 6.87. The van der Waals surface area contributed by atoms with E-state index in [0.29, 0.717) is 11.4 Å². The fourth-order valence-corrected chi connectivity index (χ4v) is 2.60. The Kier molecular flexibility index (Phi) is 5.28. The Bertz CT molecular complexity index is 417. The number of benzene rings is 1. The van der Waals surface area contributed by atoms with Gasteiger partial charge in [0.25, 0.3) is 0 Å². The number of likely N-dealkylation sites (tertiary alicyclic amines) is 1. The minimum atomic E-state index is -0.437. The van der Waals surface area contributed by atoms with Gasteiger partial charge < -0.3 is 16.0 Å². The maximum atomic E-state index is 13.4. The van der Waals surface area contributed by atoms with Crippen molar-refractivity contribution in [3.63, 3.8) is 0 Å². The fourth-order valence-electron chi connectivity index (χ4n) is 2.42. The minimum Gasteiger partial charge on any atom is -0.397 e. The van der Waals surface area contributed by atoms with Crippen LogP contribution in [0.4, 0.5) is 15.8 Å². The van der Waals surface area contributed by atoms with Gasteiger partial charge in [-0.1, -0.05) is 24.4 Å². The summed E-state index contributed by atoms with van der Waals surface area (Å²) in [5.41, 5.74) is 6.92. The minimum absolute atomic E-state index is 0.0653. The van der Waals surface area contributed by atoms with Crippen LogP contribution in [0, 0.1) is 5.82 Å². The number of nitrogens with one attached hydrogen (secondary N) is 1. The molecule has 0 aliphatic carbocycles. The average Bonchev–Trinajstić information content (AvgIpc) is 2.64. The Morgan fingerprint density at radius 1 is 1.21 bits per heavy atom. The second-order valence-corrected chi connectivity index (χ2v) is 5.44. The molecule has 0 spiro atoms. The SMILES string of the molecule is Nc1cc(Cl)c(F)cc1NCCN1CCCCCC1. The van der Waals surface area contributed by atoms with Crippen molar-refractivity contribution in [1.29, 1.82) is 0 Å². The van der Waals surface area contributed by atoms with Crippen molar-refractivity contribution in [2.45, 2.75) is 25.7 Å². The summed E-state index contributed by atoms with van der Waals surface area (Å²) in [5.74, 6) is -0.437. The second-order valence-electron chi connectivity index (χ2n) is 5.04. The molecule has 2 rings (SSSR count). The second kappa shape index (κ2) is 6.96. The Morgan fingerprint density at radius 3 is 2.58 bits per heavy atom. The predicted octanol–water partition coefficient (Wildman–Crippen LogP) is 3.35. The molecule has 19 heavy (non-hydrogen) atoms. The van der Waals surface area contributed by atoms with Gasteiger partial charge in [0, 0.05) is 19.2 Å². The third kappa shape index (κ3) is 4.25. The van der Waals surface area contributed by atoms with Gasteiger partial charge in [-0.25, -0.2) is 4.39 Å². The standard InChI is InChI=1S/C14H21ClFN3/c15-11-9-13(17)14(10-12(11)16)18-5-8-19-6-3-1-2-4-7-19/h9-10,18H,1-8,17H2. The summed E-state index contributed by atoms with van der Waals surface area (Å²) in [6.07, 6.45) is 5.22. The molecule has 0 amide bonds. The Hall–Kier alpha value is -1.00. The number of nitrogens with zero attached hydrogens (tertiary/aromatic N) is 1. The van der Waals surface area contributed by atoms with Crippen LogP contribution in [-0.2, 0) is 0 Å². The first-order chi connectivity index (χ1) is 9.16. The Morgan fingerprint density at radius 2 is 1.89 bits per heavy atom. The van der Waals surface area contributed by atoms with Crippen LogP contribution in [0.5, 0.6) is 0 Å². The van der Waals surface area contributed by atoms with Crippen molar-refractivity contribution in [3.05, 3.63) is 23.0 Å². The largest absolute Gasteiger partial charge is 0.397 e. The molecule has 0 unspecified atom stereocenters. The number of nitrogen functional groups attached to an aromatic ring is 1. The maximum Gasteiger partial charge on any atom is 0.143 e. The molecule has 0 bridgehead atoms. The summed E-state index contributed by atoms with van der Waals surface area (Å²) in [4.78, 5) is 2.45. The van der Waals surface area contributed by atoms with Crippen LogP contribution in [-0.4, -0.2) is 31.1 Å². The molecular formula is C14H21ClFN3. The van der Waals surface area contributed by atoms with Crippen LogP contribution in [0.2, 0.25) is 5.02 Å². The summed E-state index contributed by atoms with van der Waals surface area (Å²) in [6, 6.07) is 2.81. The average molecular weight is 286 g/mol. The first kappa shape index (κ1) is 14.4. The smallest absolute Gasteiger partial charge is 0.143 e. The van der Waals surface area contributed by atoms with Gasteiger partial charge in [0.15, 0.2) is 0 Å². The number of rotatable bonds is 4. The third-order valence-corrected chi connectivity index (χ3v) is 3.82. The predicted molar refractivity (Wildman–Crippen MR) is 79.2 cm³/mol. The van der Waals surface area contributed by atoms with E-state index >= 15 is 0 Å². The molecule has 1 saturated heterocycles. The van der Waals surface area contributed by atoms with Gasteiger partial charge in [-0.05, 0) is 32.0 Å². The lowest BCUT2D eigenvalue weighted by Gasteiger charge is -2.20. The molecule has 3 nitrogen and oxygen atoms in total. The van der Waals surface area contributed by atoms with Gasteiger partial charge in [0.1, 0.15) is 5.82 Å². The first-order valence-corrected chi connectivity index (χ1v) is 7.25. The highest BCUT2D eigenvalue weighted by atomic mass is 35.5. The number of anilines is 2. The molecule has 0 radical (unpaired) electrons. The molecule has 1 aliphatic heterocycles. The van der Waals surface area contributed by atoms with Crippen LogP contribution in [0.3, 0.4) is 0 Å². The molecule has 0 saturated carbocycles. The Labute approximate surface area is 118 Å². The quantitative estimate of drug-likeness (QED) is 0.834. The van der Waals surface area contributed by atoms with E-state index in [1.54, 1.807) is 0 Å². The lowest BCUT2D eigenvalue weighted by Crippen LogP contribution is -2.30. The lowest BCUT2D eigenvalue weighted by molar-refractivity contribution is 0.296. The molecule has 1 fully saturated rings. The molecule has 5 heteroatoms. The summed E-state index contributed by atoms with van der Waals surface area (Å²) in [6.45, 7) is 4.05. The zero-order valence-electron chi connectivity index (χ0n) is 11.1. The number of nitrogens with two attached hydrogens (primary N) is 1. The number of hydrogen-bond donors (Lipinski definition) is 2. The van der Waals surface area contributed by atoms with Gasteiger partial charge in [0.2, 0.25) is 0 Å². The van der Waals surface area contributed by atoms with Crippen LogP contribution < -0.4 is 11.1 Å². The van der Waals surface area contributed by atoms with E-state index in [1.807, 2.05) is 0 Å². The van der Waals surface area contributed by atoms with Crippen molar-refractivity contribution < 1.29 is 4.39 Å². The van der Waals surface area contributed by atoms with Gasteiger partial charge in [-0.3, -0.25) is 0 Å². The molecule has 1 aromatic rings. The van der Waals surface area contributed by atoms with Gasteiger partial charge in [-0.2, -0.15) is 0 Å². The van der Waals surface area contributed by atoms with Crippen molar-refractivity contribution in [2.24, 2.45) is 0 Å².